The fourth-order valence-electron chi connectivity index (χ4n) is 1.54. The molecule has 0 amide bonds. The highest BCUT2D eigenvalue weighted by atomic mass is 32.1. The number of hydrogen-bond acceptors (Lipinski definition) is 4. The molecule has 0 aliphatic carbocycles. The van der Waals surface area contributed by atoms with Gasteiger partial charge >= 0.3 is 0 Å². The Morgan fingerprint density at radius 2 is 2.12 bits per heavy atom. The third-order valence-electron chi connectivity index (χ3n) is 2.14. The van der Waals surface area contributed by atoms with Crippen LogP contribution < -0.4 is 0 Å². The van der Waals surface area contributed by atoms with Gasteiger partial charge in [0, 0.05) is 11.4 Å². The summed E-state index contributed by atoms with van der Waals surface area (Å²) in [4.78, 5) is 4.38. The molecule has 16 heavy (non-hydrogen) atoms. The molecule has 0 unspecified atom stereocenters. The van der Waals surface area contributed by atoms with Crippen molar-refractivity contribution >= 4 is 11.3 Å². The van der Waals surface area contributed by atoms with Crippen LogP contribution in [-0.2, 0) is 6.42 Å². The first-order valence-corrected chi connectivity index (χ1v) is 6.20. The van der Waals surface area contributed by atoms with E-state index in [0.29, 0.717) is 0 Å². The van der Waals surface area contributed by atoms with E-state index in [0.717, 1.165) is 28.6 Å². The first-order chi connectivity index (χ1) is 7.44. The number of aromatic nitrogens is 2. The lowest BCUT2D eigenvalue weighted by Crippen LogP contribution is -2.09. The highest BCUT2D eigenvalue weighted by Gasteiger charge is 2.16. The summed E-state index contributed by atoms with van der Waals surface area (Å²) >= 11 is 1.62. The Labute approximate surface area is 99.5 Å². The number of hydrogen-bond donors (Lipinski definition) is 0. The molecule has 2 aromatic rings. The third-order valence-corrected chi connectivity index (χ3v) is 2.92. The largest absolute Gasteiger partial charge is 0.354 e. The number of nitrogens with zero attached hydrogens (tertiary/aromatic N) is 2. The third kappa shape index (κ3) is 2.70. The molecule has 0 bridgehead atoms. The van der Waals surface area contributed by atoms with Crippen LogP contribution in [0.15, 0.2) is 16.0 Å². The molecule has 0 spiro atoms. The second kappa shape index (κ2) is 4.01. The lowest BCUT2D eigenvalue weighted by molar-refractivity contribution is 0.375. The summed E-state index contributed by atoms with van der Waals surface area (Å²) in [6.07, 6.45) is 0.916. The first-order valence-electron chi connectivity index (χ1n) is 5.32. The Kier molecular flexibility index (Phi) is 2.84. The molecule has 0 saturated heterocycles. The molecular weight excluding hydrogens is 220 g/mol. The summed E-state index contributed by atoms with van der Waals surface area (Å²) < 4.78 is 5.30. The van der Waals surface area contributed by atoms with Crippen LogP contribution in [0.25, 0.3) is 11.5 Å². The molecule has 0 atom stereocenters. The molecule has 2 rings (SSSR count). The van der Waals surface area contributed by atoms with Crippen molar-refractivity contribution in [1.82, 2.24) is 10.1 Å². The minimum Gasteiger partial charge on any atom is -0.354 e. The van der Waals surface area contributed by atoms with Crippen LogP contribution in [0.2, 0.25) is 0 Å². The number of rotatable bonds is 2. The van der Waals surface area contributed by atoms with Gasteiger partial charge in [-0.25, -0.2) is 4.98 Å². The molecule has 0 aliphatic rings. The zero-order valence-corrected chi connectivity index (χ0v) is 10.9. The van der Waals surface area contributed by atoms with Gasteiger partial charge in [-0.1, -0.05) is 25.9 Å². The van der Waals surface area contributed by atoms with Crippen molar-refractivity contribution in [1.29, 1.82) is 0 Å². The summed E-state index contributed by atoms with van der Waals surface area (Å²) in [6.45, 7) is 8.55. The van der Waals surface area contributed by atoms with Gasteiger partial charge in [-0.3, -0.25) is 0 Å². The van der Waals surface area contributed by atoms with Gasteiger partial charge in [0.15, 0.2) is 5.76 Å². The zero-order valence-electron chi connectivity index (χ0n) is 10.1. The topological polar surface area (TPSA) is 38.9 Å². The Morgan fingerprint density at radius 3 is 2.69 bits per heavy atom. The van der Waals surface area contributed by atoms with E-state index in [2.05, 4.69) is 30.9 Å². The monoisotopic (exact) mass is 236 g/mol. The van der Waals surface area contributed by atoms with Gasteiger partial charge in [-0.2, -0.15) is 0 Å². The SMILES string of the molecule is Cc1nc(-c2cc(CC(C)(C)C)no2)cs1. The molecule has 0 saturated carbocycles. The maximum absolute atomic E-state index is 5.30. The van der Waals surface area contributed by atoms with E-state index in [4.69, 9.17) is 4.52 Å². The number of thiazole rings is 1. The van der Waals surface area contributed by atoms with Crippen molar-refractivity contribution in [2.75, 3.05) is 0 Å². The summed E-state index contributed by atoms with van der Waals surface area (Å²) in [5, 5.41) is 7.12. The van der Waals surface area contributed by atoms with Crippen molar-refractivity contribution in [2.45, 2.75) is 34.1 Å². The summed E-state index contributed by atoms with van der Waals surface area (Å²) in [5.41, 5.74) is 2.11. The van der Waals surface area contributed by atoms with Crippen LogP contribution in [0.3, 0.4) is 0 Å². The number of aryl methyl sites for hydroxylation is 1. The highest BCUT2D eigenvalue weighted by Crippen LogP contribution is 2.25. The van der Waals surface area contributed by atoms with Crippen molar-refractivity contribution in [3.8, 4) is 11.5 Å². The molecule has 0 fully saturated rings. The van der Waals surface area contributed by atoms with Crippen LogP contribution >= 0.6 is 11.3 Å². The Bertz CT molecular complexity index is 479. The molecular formula is C12H16N2OS. The Balaban J connectivity index is 2.20. The standard InChI is InChI=1S/C12H16N2OS/c1-8-13-10(7-16-8)11-5-9(14-15-11)6-12(2,3)4/h5,7H,6H2,1-4H3. The minimum absolute atomic E-state index is 0.228. The molecule has 2 heterocycles. The molecule has 2 aromatic heterocycles. The van der Waals surface area contributed by atoms with E-state index in [1.54, 1.807) is 11.3 Å². The molecule has 0 aliphatic heterocycles. The molecule has 86 valence electrons. The van der Waals surface area contributed by atoms with E-state index in [-0.39, 0.29) is 5.41 Å². The van der Waals surface area contributed by atoms with E-state index >= 15 is 0 Å². The summed E-state index contributed by atoms with van der Waals surface area (Å²) in [7, 11) is 0. The van der Waals surface area contributed by atoms with Crippen molar-refractivity contribution < 1.29 is 4.52 Å². The van der Waals surface area contributed by atoms with E-state index in [9.17, 15) is 0 Å². The smallest absolute Gasteiger partial charge is 0.186 e. The second-order valence-electron chi connectivity index (χ2n) is 5.17. The van der Waals surface area contributed by atoms with Crippen molar-refractivity contribution in [2.24, 2.45) is 5.41 Å². The lowest BCUT2D eigenvalue weighted by atomic mass is 9.90. The fourth-order valence-corrected chi connectivity index (χ4v) is 2.14. The average Bonchev–Trinajstić information content (AvgIpc) is 2.71. The zero-order chi connectivity index (χ0) is 11.8. The lowest BCUT2D eigenvalue weighted by Gasteiger charge is -2.14. The quantitative estimate of drug-likeness (QED) is 0.798. The minimum atomic E-state index is 0.228. The Hall–Kier alpha value is -1.16. The molecule has 0 N–H and O–H groups in total. The predicted molar refractivity (Wildman–Crippen MR) is 65.5 cm³/mol. The van der Waals surface area contributed by atoms with Crippen LogP contribution in [-0.4, -0.2) is 10.1 Å². The second-order valence-corrected chi connectivity index (χ2v) is 6.23. The van der Waals surface area contributed by atoms with E-state index in [1.807, 2.05) is 18.4 Å². The van der Waals surface area contributed by atoms with Gasteiger partial charge in [0.25, 0.3) is 0 Å². The predicted octanol–water partition coefficient (Wildman–Crippen LogP) is 3.70. The van der Waals surface area contributed by atoms with Gasteiger partial charge in [0.1, 0.15) is 5.69 Å². The van der Waals surface area contributed by atoms with Crippen LogP contribution in [0.4, 0.5) is 0 Å². The summed E-state index contributed by atoms with van der Waals surface area (Å²) in [5.74, 6) is 0.767. The first kappa shape index (κ1) is 11.3. The van der Waals surface area contributed by atoms with E-state index < -0.39 is 0 Å². The maximum Gasteiger partial charge on any atom is 0.186 e. The molecule has 4 heteroatoms. The van der Waals surface area contributed by atoms with Gasteiger partial charge in [0.05, 0.1) is 10.7 Å². The normalized spacial score (nSPS) is 12.0. The van der Waals surface area contributed by atoms with Gasteiger partial charge in [-0.05, 0) is 18.8 Å². The van der Waals surface area contributed by atoms with Crippen LogP contribution in [0.1, 0.15) is 31.5 Å². The molecule has 0 aromatic carbocycles. The summed E-state index contributed by atoms with van der Waals surface area (Å²) in [6, 6.07) is 1.99. The molecule has 0 radical (unpaired) electrons. The van der Waals surface area contributed by atoms with Gasteiger partial charge in [0.2, 0.25) is 0 Å². The highest BCUT2D eigenvalue weighted by molar-refractivity contribution is 7.09. The van der Waals surface area contributed by atoms with Crippen molar-refractivity contribution in [3.63, 3.8) is 0 Å². The molecule has 3 nitrogen and oxygen atoms in total. The average molecular weight is 236 g/mol. The van der Waals surface area contributed by atoms with E-state index in [1.165, 1.54) is 0 Å². The fraction of sp³-hybridized carbons (Fsp3) is 0.500. The Morgan fingerprint density at radius 1 is 1.38 bits per heavy atom. The maximum atomic E-state index is 5.30. The van der Waals surface area contributed by atoms with Crippen LogP contribution in [0.5, 0.6) is 0 Å². The van der Waals surface area contributed by atoms with Gasteiger partial charge < -0.3 is 4.52 Å². The van der Waals surface area contributed by atoms with Crippen molar-refractivity contribution in [3.05, 3.63) is 22.1 Å². The van der Waals surface area contributed by atoms with Gasteiger partial charge in [-0.15, -0.1) is 11.3 Å². The van der Waals surface area contributed by atoms with Crippen LogP contribution in [0, 0.1) is 12.3 Å².